The van der Waals surface area contributed by atoms with Crippen molar-refractivity contribution in [2.75, 3.05) is 18.5 Å². The molecule has 0 aromatic heterocycles. The van der Waals surface area contributed by atoms with Gasteiger partial charge in [-0.15, -0.1) is 0 Å². The Morgan fingerprint density at radius 2 is 2.18 bits per heavy atom. The minimum Gasteiger partial charge on any atom is -0.380 e. The molecule has 0 bridgehead atoms. The van der Waals surface area contributed by atoms with Crippen LogP contribution in [0.5, 0.6) is 0 Å². The van der Waals surface area contributed by atoms with Gasteiger partial charge in [-0.3, -0.25) is 4.79 Å². The highest BCUT2D eigenvalue weighted by Crippen LogP contribution is 2.07. The van der Waals surface area contributed by atoms with Crippen molar-refractivity contribution in [3.63, 3.8) is 0 Å². The lowest BCUT2D eigenvalue weighted by Crippen LogP contribution is -2.44. The van der Waals surface area contributed by atoms with E-state index in [1.165, 1.54) is 0 Å². The van der Waals surface area contributed by atoms with Crippen LogP contribution in [-0.4, -0.2) is 31.2 Å². The first kappa shape index (κ1) is 12.1. The van der Waals surface area contributed by atoms with Gasteiger partial charge in [0, 0.05) is 18.3 Å². The molecule has 1 aromatic rings. The predicted molar refractivity (Wildman–Crippen MR) is 66.9 cm³/mol. The molecule has 0 spiro atoms. The van der Waals surface area contributed by atoms with E-state index >= 15 is 0 Å². The summed E-state index contributed by atoms with van der Waals surface area (Å²) in [6, 6.07) is 9.57. The van der Waals surface area contributed by atoms with Gasteiger partial charge in [-0.2, -0.15) is 0 Å². The van der Waals surface area contributed by atoms with Gasteiger partial charge in [0.25, 0.3) is 0 Å². The number of ether oxygens (including phenoxy) is 1. The van der Waals surface area contributed by atoms with Gasteiger partial charge in [0.1, 0.15) is 0 Å². The summed E-state index contributed by atoms with van der Waals surface area (Å²) in [5.74, 6) is -0.0110. The lowest BCUT2D eigenvalue weighted by molar-refractivity contribution is -0.117. The van der Waals surface area contributed by atoms with Gasteiger partial charge in [0.15, 0.2) is 0 Å². The molecule has 1 aliphatic heterocycles. The van der Waals surface area contributed by atoms with E-state index in [1.54, 1.807) is 0 Å². The zero-order valence-electron chi connectivity index (χ0n) is 9.98. The smallest absolute Gasteiger partial charge is 0.241 e. The van der Waals surface area contributed by atoms with Gasteiger partial charge in [-0.05, 0) is 25.5 Å². The minimum absolute atomic E-state index is 0.0110. The summed E-state index contributed by atoms with van der Waals surface area (Å²) in [6.07, 6.45) is 0.975. The van der Waals surface area contributed by atoms with Crippen LogP contribution in [0.4, 0.5) is 5.69 Å². The zero-order chi connectivity index (χ0) is 12.1. The summed E-state index contributed by atoms with van der Waals surface area (Å²) >= 11 is 0. The molecule has 17 heavy (non-hydrogen) atoms. The Morgan fingerprint density at radius 1 is 1.41 bits per heavy atom. The number of carbonyl (C=O) groups excluding carboxylic acids is 1. The maximum Gasteiger partial charge on any atom is 0.241 e. The summed E-state index contributed by atoms with van der Waals surface area (Å²) in [7, 11) is 0. The van der Waals surface area contributed by atoms with Crippen LogP contribution in [-0.2, 0) is 9.53 Å². The molecule has 1 aromatic carbocycles. The Labute approximate surface area is 101 Å². The molecular formula is C13H18N2O2. The monoisotopic (exact) mass is 234 g/mol. The standard InChI is InChI=1S/C13H18N2O2/c1-10(14-12-7-8-17-9-12)13(16)15-11-5-3-2-4-6-11/h2-6,10,12,14H,7-9H2,1H3,(H,15,16). The van der Waals surface area contributed by atoms with Crippen molar-refractivity contribution < 1.29 is 9.53 Å². The summed E-state index contributed by atoms with van der Waals surface area (Å²) in [5.41, 5.74) is 0.828. The highest BCUT2D eigenvalue weighted by atomic mass is 16.5. The molecule has 2 rings (SSSR count). The zero-order valence-corrected chi connectivity index (χ0v) is 9.98. The maximum absolute atomic E-state index is 11.9. The topological polar surface area (TPSA) is 50.4 Å². The third-order valence-electron chi connectivity index (χ3n) is 2.85. The Balaban J connectivity index is 1.82. The molecule has 1 heterocycles. The second-order valence-electron chi connectivity index (χ2n) is 4.30. The van der Waals surface area contributed by atoms with Crippen molar-refractivity contribution in [1.82, 2.24) is 5.32 Å². The van der Waals surface area contributed by atoms with Crippen LogP contribution in [0.15, 0.2) is 30.3 Å². The van der Waals surface area contributed by atoms with Crippen LogP contribution < -0.4 is 10.6 Å². The molecule has 0 saturated carbocycles. The third-order valence-corrected chi connectivity index (χ3v) is 2.85. The molecular weight excluding hydrogens is 216 g/mol. The molecule has 0 radical (unpaired) electrons. The van der Waals surface area contributed by atoms with Gasteiger partial charge in [-0.25, -0.2) is 0 Å². The summed E-state index contributed by atoms with van der Waals surface area (Å²) in [4.78, 5) is 11.9. The first-order valence-electron chi connectivity index (χ1n) is 5.95. The van der Waals surface area contributed by atoms with Crippen LogP contribution >= 0.6 is 0 Å². The lowest BCUT2D eigenvalue weighted by Gasteiger charge is -2.17. The number of rotatable bonds is 4. The number of hydrogen-bond donors (Lipinski definition) is 2. The molecule has 1 aliphatic rings. The first-order valence-corrected chi connectivity index (χ1v) is 5.95. The van der Waals surface area contributed by atoms with Crippen molar-refractivity contribution in [2.45, 2.75) is 25.4 Å². The predicted octanol–water partition coefficient (Wildman–Crippen LogP) is 1.39. The molecule has 2 atom stereocenters. The van der Waals surface area contributed by atoms with E-state index in [0.717, 1.165) is 18.7 Å². The van der Waals surface area contributed by atoms with E-state index in [2.05, 4.69) is 10.6 Å². The van der Waals surface area contributed by atoms with Crippen LogP contribution in [0.3, 0.4) is 0 Å². The first-order chi connectivity index (χ1) is 8.25. The Hall–Kier alpha value is -1.39. The van der Waals surface area contributed by atoms with Crippen molar-refractivity contribution in [2.24, 2.45) is 0 Å². The number of para-hydroxylation sites is 1. The van der Waals surface area contributed by atoms with Gasteiger partial charge >= 0.3 is 0 Å². The summed E-state index contributed by atoms with van der Waals surface area (Å²) < 4.78 is 5.26. The van der Waals surface area contributed by atoms with E-state index in [4.69, 9.17) is 4.74 Å². The molecule has 92 valence electrons. The fourth-order valence-electron chi connectivity index (χ4n) is 1.87. The molecule has 0 aliphatic carbocycles. The largest absolute Gasteiger partial charge is 0.380 e. The highest BCUT2D eigenvalue weighted by molar-refractivity contribution is 5.94. The van der Waals surface area contributed by atoms with E-state index in [1.807, 2.05) is 37.3 Å². The minimum atomic E-state index is -0.207. The van der Waals surface area contributed by atoms with E-state index < -0.39 is 0 Å². The quantitative estimate of drug-likeness (QED) is 0.827. The van der Waals surface area contributed by atoms with Crippen LogP contribution in [0.1, 0.15) is 13.3 Å². The number of anilines is 1. The van der Waals surface area contributed by atoms with E-state index in [9.17, 15) is 4.79 Å². The number of carbonyl (C=O) groups is 1. The van der Waals surface area contributed by atoms with Crippen molar-refractivity contribution in [1.29, 1.82) is 0 Å². The second kappa shape index (κ2) is 5.80. The molecule has 4 heteroatoms. The lowest BCUT2D eigenvalue weighted by atomic mass is 10.2. The normalized spacial score (nSPS) is 21.1. The highest BCUT2D eigenvalue weighted by Gasteiger charge is 2.21. The fourth-order valence-corrected chi connectivity index (χ4v) is 1.87. The number of benzene rings is 1. The van der Waals surface area contributed by atoms with Gasteiger partial charge in [0.05, 0.1) is 12.6 Å². The Morgan fingerprint density at radius 3 is 2.82 bits per heavy atom. The number of hydrogen-bond acceptors (Lipinski definition) is 3. The molecule has 2 N–H and O–H groups in total. The van der Waals surface area contributed by atoms with Crippen LogP contribution in [0, 0.1) is 0 Å². The molecule has 1 amide bonds. The Kier molecular flexibility index (Phi) is 4.12. The molecule has 2 unspecified atom stereocenters. The van der Waals surface area contributed by atoms with E-state index in [0.29, 0.717) is 12.6 Å². The van der Waals surface area contributed by atoms with Crippen LogP contribution in [0.25, 0.3) is 0 Å². The SMILES string of the molecule is CC(NC1CCOC1)C(=O)Nc1ccccc1. The molecule has 1 saturated heterocycles. The summed E-state index contributed by atoms with van der Waals surface area (Å²) in [5, 5.41) is 6.14. The average Bonchev–Trinajstić information content (AvgIpc) is 2.83. The van der Waals surface area contributed by atoms with Crippen molar-refractivity contribution in [3.05, 3.63) is 30.3 Å². The number of nitrogens with one attached hydrogen (secondary N) is 2. The van der Waals surface area contributed by atoms with Gasteiger partial charge in [-0.1, -0.05) is 18.2 Å². The summed E-state index contributed by atoms with van der Waals surface area (Å²) in [6.45, 7) is 3.35. The van der Waals surface area contributed by atoms with Crippen molar-refractivity contribution >= 4 is 11.6 Å². The molecule has 4 nitrogen and oxygen atoms in total. The van der Waals surface area contributed by atoms with Crippen LogP contribution in [0.2, 0.25) is 0 Å². The average molecular weight is 234 g/mol. The van der Waals surface area contributed by atoms with Gasteiger partial charge in [0.2, 0.25) is 5.91 Å². The fraction of sp³-hybridized carbons (Fsp3) is 0.462. The molecule has 1 fully saturated rings. The van der Waals surface area contributed by atoms with Gasteiger partial charge < -0.3 is 15.4 Å². The van der Waals surface area contributed by atoms with E-state index in [-0.39, 0.29) is 11.9 Å². The Bertz CT molecular complexity index is 361. The maximum atomic E-state index is 11.9. The number of amides is 1. The van der Waals surface area contributed by atoms with Crippen molar-refractivity contribution in [3.8, 4) is 0 Å². The second-order valence-corrected chi connectivity index (χ2v) is 4.30. The third kappa shape index (κ3) is 3.54.